The molecule has 1 aromatic carbocycles. The maximum atomic E-state index is 10.9. The summed E-state index contributed by atoms with van der Waals surface area (Å²) >= 11 is 1.84. The molecule has 3 nitrogen and oxygen atoms in total. The van der Waals surface area contributed by atoms with Crippen molar-refractivity contribution in [3.05, 3.63) is 29.3 Å². The minimum atomic E-state index is -0.393. The van der Waals surface area contributed by atoms with Gasteiger partial charge in [0.25, 0.3) is 0 Å². The molecule has 1 aliphatic rings. The van der Waals surface area contributed by atoms with Crippen molar-refractivity contribution in [1.29, 1.82) is 0 Å². The molecule has 0 amide bonds. The zero-order valence-electron chi connectivity index (χ0n) is 14.3. The molecule has 1 saturated heterocycles. The summed E-state index contributed by atoms with van der Waals surface area (Å²) in [6.07, 6.45) is -0.393. The van der Waals surface area contributed by atoms with E-state index in [9.17, 15) is 5.11 Å². The highest BCUT2D eigenvalue weighted by molar-refractivity contribution is 8.00. The Balaban J connectivity index is 2.09. The zero-order valence-corrected chi connectivity index (χ0v) is 15.1. The third-order valence-electron chi connectivity index (χ3n) is 4.14. The molecule has 1 aromatic rings. The van der Waals surface area contributed by atoms with Gasteiger partial charge in [0.1, 0.15) is 0 Å². The van der Waals surface area contributed by atoms with Crippen molar-refractivity contribution in [2.24, 2.45) is 5.92 Å². The second-order valence-electron chi connectivity index (χ2n) is 6.68. The molecule has 2 rings (SSSR count). The second kappa shape index (κ2) is 8.34. The first kappa shape index (κ1) is 17.8. The molecule has 4 heteroatoms. The van der Waals surface area contributed by atoms with Gasteiger partial charge in [-0.1, -0.05) is 38.5 Å². The molecule has 2 unspecified atom stereocenters. The predicted octanol–water partition coefficient (Wildman–Crippen LogP) is 3.07. The lowest BCUT2D eigenvalue weighted by Gasteiger charge is -2.32. The topological polar surface area (TPSA) is 35.5 Å². The fourth-order valence-corrected chi connectivity index (χ4v) is 3.94. The number of nitrogens with one attached hydrogen (secondary N) is 1. The molecule has 2 atom stereocenters. The van der Waals surface area contributed by atoms with Crippen molar-refractivity contribution in [2.45, 2.75) is 43.9 Å². The van der Waals surface area contributed by atoms with Gasteiger partial charge in [0.05, 0.1) is 6.10 Å². The number of hydrogen-bond acceptors (Lipinski definition) is 4. The van der Waals surface area contributed by atoms with Gasteiger partial charge >= 0.3 is 0 Å². The van der Waals surface area contributed by atoms with Gasteiger partial charge in [0.15, 0.2) is 0 Å². The highest BCUT2D eigenvalue weighted by Crippen LogP contribution is 2.34. The smallest absolute Gasteiger partial charge is 0.0838 e. The Bertz CT molecular complexity index is 472. The van der Waals surface area contributed by atoms with Crippen LogP contribution in [0.3, 0.4) is 0 Å². The van der Waals surface area contributed by atoms with Crippen LogP contribution in [0.2, 0.25) is 0 Å². The van der Waals surface area contributed by atoms with E-state index in [-0.39, 0.29) is 5.92 Å². The van der Waals surface area contributed by atoms with Gasteiger partial charge in [-0.25, -0.2) is 0 Å². The molecule has 0 bridgehead atoms. The van der Waals surface area contributed by atoms with Crippen LogP contribution in [0.1, 0.15) is 38.0 Å². The molecule has 2 N–H and O–H groups in total. The number of nitrogens with zero attached hydrogens (tertiary/aromatic N) is 1. The lowest BCUT2D eigenvalue weighted by Crippen LogP contribution is -2.45. The SMILES string of the molecule is Cc1ccc(SC(C)C)c(C(O)C(C)CN2CCNCC2)c1. The quantitative estimate of drug-likeness (QED) is 0.789. The normalized spacial score (nSPS) is 19.4. The van der Waals surface area contributed by atoms with Crippen LogP contribution in [0, 0.1) is 12.8 Å². The van der Waals surface area contributed by atoms with Gasteiger partial charge in [-0.2, -0.15) is 0 Å². The van der Waals surface area contributed by atoms with Crippen LogP contribution >= 0.6 is 11.8 Å². The summed E-state index contributed by atoms with van der Waals surface area (Å²) in [6.45, 7) is 13.9. The second-order valence-corrected chi connectivity index (χ2v) is 8.30. The van der Waals surface area contributed by atoms with Crippen LogP contribution in [0.25, 0.3) is 0 Å². The first-order valence-electron chi connectivity index (χ1n) is 8.35. The van der Waals surface area contributed by atoms with E-state index in [1.807, 2.05) is 11.8 Å². The van der Waals surface area contributed by atoms with Crippen LogP contribution in [-0.4, -0.2) is 48.0 Å². The Morgan fingerprint density at radius 2 is 1.91 bits per heavy atom. The molecular formula is C18H30N2OS. The van der Waals surface area contributed by atoms with Crippen molar-refractivity contribution in [3.8, 4) is 0 Å². The van der Waals surface area contributed by atoms with Crippen molar-refractivity contribution in [1.82, 2.24) is 10.2 Å². The average Bonchev–Trinajstić information content (AvgIpc) is 2.49. The maximum absolute atomic E-state index is 10.9. The van der Waals surface area contributed by atoms with E-state index in [0.717, 1.165) is 38.3 Å². The number of thioether (sulfide) groups is 1. The van der Waals surface area contributed by atoms with E-state index in [4.69, 9.17) is 0 Å². The van der Waals surface area contributed by atoms with Crippen LogP contribution in [0.15, 0.2) is 23.1 Å². The Morgan fingerprint density at radius 3 is 2.55 bits per heavy atom. The van der Waals surface area contributed by atoms with Gasteiger partial charge in [-0.15, -0.1) is 11.8 Å². The summed E-state index contributed by atoms with van der Waals surface area (Å²) in [5, 5.41) is 14.8. The molecule has 1 fully saturated rings. The number of rotatable bonds is 6. The fourth-order valence-electron chi connectivity index (χ4n) is 2.97. The number of benzene rings is 1. The molecular weight excluding hydrogens is 292 g/mol. The molecule has 0 aromatic heterocycles. The van der Waals surface area contributed by atoms with Crippen LogP contribution < -0.4 is 5.32 Å². The highest BCUT2D eigenvalue weighted by Gasteiger charge is 2.23. The van der Waals surface area contributed by atoms with E-state index >= 15 is 0 Å². The first-order valence-corrected chi connectivity index (χ1v) is 9.23. The zero-order chi connectivity index (χ0) is 16.1. The molecule has 0 spiro atoms. The Kier molecular flexibility index (Phi) is 6.75. The predicted molar refractivity (Wildman–Crippen MR) is 95.6 cm³/mol. The van der Waals surface area contributed by atoms with Gasteiger partial charge in [-0.05, 0) is 24.5 Å². The van der Waals surface area contributed by atoms with Crippen LogP contribution in [0.4, 0.5) is 0 Å². The summed E-state index contributed by atoms with van der Waals surface area (Å²) in [6, 6.07) is 6.46. The maximum Gasteiger partial charge on any atom is 0.0838 e. The number of piperazine rings is 1. The minimum absolute atomic E-state index is 0.242. The number of hydrogen-bond donors (Lipinski definition) is 2. The molecule has 0 saturated carbocycles. The van der Waals surface area contributed by atoms with Gasteiger partial charge in [0, 0.05) is 42.9 Å². The Hall–Kier alpha value is -0.550. The molecule has 22 heavy (non-hydrogen) atoms. The Morgan fingerprint density at radius 1 is 1.23 bits per heavy atom. The molecule has 1 aliphatic heterocycles. The third-order valence-corrected chi connectivity index (χ3v) is 5.24. The van der Waals surface area contributed by atoms with E-state index in [1.54, 1.807) is 0 Å². The standard InChI is InChI=1S/C18H30N2OS/c1-13(2)22-17-6-5-14(3)11-16(17)18(21)15(4)12-20-9-7-19-8-10-20/h5-6,11,13,15,18-19,21H,7-10,12H2,1-4H3. The summed E-state index contributed by atoms with van der Waals surface area (Å²) < 4.78 is 0. The summed E-state index contributed by atoms with van der Waals surface area (Å²) in [7, 11) is 0. The lowest BCUT2D eigenvalue weighted by molar-refractivity contribution is 0.0823. The van der Waals surface area contributed by atoms with E-state index in [1.165, 1.54) is 10.5 Å². The summed E-state index contributed by atoms with van der Waals surface area (Å²) in [5.41, 5.74) is 2.32. The number of aliphatic hydroxyl groups is 1. The molecule has 0 radical (unpaired) electrons. The van der Waals surface area contributed by atoms with Gasteiger partial charge in [0.2, 0.25) is 0 Å². The van der Waals surface area contributed by atoms with Crippen LogP contribution in [0.5, 0.6) is 0 Å². The number of aryl methyl sites for hydroxylation is 1. The highest BCUT2D eigenvalue weighted by atomic mass is 32.2. The average molecular weight is 323 g/mol. The van der Waals surface area contributed by atoms with E-state index < -0.39 is 6.10 Å². The van der Waals surface area contributed by atoms with Crippen molar-refractivity contribution >= 4 is 11.8 Å². The first-order chi connectivity index (χ1) is 10.5. The fraction of sp³-hybridized carbons (Fsp3) is 0.667. The summed E-state index contributed by atoms with van der Waals surface area (Å²) in [4.78, 5) is 3.68. The van der Waals surface area contributed by atoms with E-state index in [0.29, 0.717) is 5.25 Å². The largest absolute Gasteiger partial charge is 0.388 e. The number of aliphatic hydroxyl groups excluding tert-OH is 1. The third kappa shape index (κ3) is 4.98. The Labute approximate surface area is 139 Å². The van der Waals surface area contributed by atoms with Crippen LogP contribution in [-0.2, 0) is 0 Å². The molecule has 1 heterocycles. The van der Waals surface area contributed by atoms with Gasteiger partial charge < -0.3 is 15.3 Å². The molecule has 124 valence electrons. The van der Waals surface area contributed by atoms with Crippen molar-refractivity contribution < 1.29 is 5.11 Å². The van der Waals surface area contributed by atoms with Crippen molar-refractivity contribution in [2.75, 3.05) is 32.7 Å². The summed E-state index contributed by atoms with van der Waals surface area (Å²) in [5.74, 6) is 0.242. The van der Waals surface area contributed by atoms with Crippen molar-refractivity contribution in [3.63, 3.8) is 0 Å². The molecule has 0 aliphatic carbocycles. The van der Waals surface area contributed by atoms with E-state index in [2.05, 4.69) is 56.1 Å². The lowest BCUT2D eigenvalue weighted by atomic mass is 9.95. The minimum Gasteiger partial charge on any atom is -0.388 e. The van der Waals surface area contributed by atoms with Gasteiger partial charge in [-0.3, -0.25) is 0 Å². The monoisotopic (exact) mass is 322 g/mol.